The molecule has 0 aromatic heterocycles. The van der Waals surface area contributed by atoms with E-state index in [9.17, 15) is 9.59 Å². The molecule has 196 valence electrons. The Morgan fingerprint density at radius 3 is 2.18 bits per heavy atom. The van der Waals surface area contributed by atoms with Crippen LogP contribution < -0.4 is 5.32 Å². The molecule has 1 atom stereocenters. The summed E-state index contributed by atoms with van der Waals surface area (Å²) in [7, 11) is 0. The van der Waals surface area contributed by atoms with Gasteiger partial charge in [-0.15, -0.1) is 0 Å². The number of hydrogen-bond donors (Lipinski definition) is 2. The number of carboxylic acids is 1. The van der Waals surface area contributed by atoms with E-state index in [1.165, 1.54) is 0 Å². The Kier molecular flexibility index (Phi) is 9.27. The number of benzene rings is 3. The second kappa shape index (κ2) is 13.0. The summed E-state index contributed by atoms with van der Waals surface area (Å²) in [5, 5.41) is 12.8. The second-order valence-corrected chi connectivity index (χ2v) is 9.67. The molecule has 2 N–H and O–H groups in total. The zero-order valence-corrected chi connectivity index (χ0v) is 22.2. The lowest BCUT2D eigenvalue weighted by Crippen LogP contribution is -2.48. The fraction of sp³-hybridized carbons (Fsp3) is 0.258. The van der Waals surface area contributed by atoms with Crippen LogP contribution in [0.5, 0.6) is 0 Å². The van der Waals surface area contributed by atoms with Crippen molar-refractivity contribution in [3.63, 3.8) is 0 Å². The molecule has 0 bridgehead atoms. The lowest BCUT2D eigenvalue weighted by atomic mass is 9.93. The van der Waals surface area contributed by atoms with E-state index in [4.69, 9.17) is 22.1 Å². The first-order valence-electron chi connectivity index (χ1n) is 12.8. The van der Waals surface area contributed by atoms with E-state index in [1.54, 1.807) is 0 Å². The average molecular weight is 529 g/mol. The maximum Gasteiger partial charge on any atom is 0.338 e. The first kappa shape index (κ1) is 27.1. The normalized spacial score (nSPS) is 15.2. The quantitative estimate of drug-likeness (QED) is 0.173. The van der Waals surface area contributed by atoms with Crippen molar-refractivity contribution in [1.82, 2.24) is 10.2 Å². The zero-order chi connectivity index (χ0) is 26.9. The number of aliphatic carboxylic acids is 1. The fourth-order valence-corrected chi connectivity index (χ4v) is 4.93. The van der Waals surface area contributed by atoms with Crippen LogP contribution in [-0.4, -0.2) is 33.6 Å². The molecule has 1 unspecified atom stereocenters. The minimum Gasteiger partial charge on any atom is -0.481 e. The Labute approximate surface area is 228 Å². The second-order valence-electron chi connectivity index (χ2n) is 9.29. The number of rotatable bonds is 11. The van der Waals surface area contributed by atoms with Crippen molar-refractivity contribution in [2.45, 2.75) is 45.3 Å². The van der Waals surface area contributed by atoms with Crippen LogP contribution >= 0.6 is 12.2 Å². The maximum atomic E-state index is 13.5. The van der Waals surface area contributed by atoms with Gasteiger partial charge in [-0.3, -0.25) is 4.79 Å². The van der Waals surface area contributed by atoms with Crippen LogP contribution in [0.1, 0.15) is 49.8 Å². The van der Waals surface area contributed by atoms with Crippen LogP contribution in [0.2, 0.25) is 0 Å². The van der Waals surface area contributed by atoms with Gasteiger partial charge in [0.15, 0.2) is 5.11 Å². The van der Waals surface area contributed by atoms with Crippen molar-refractivity contribution in [3.8, 4) is 11.1 Å². The Balaban J connectivity index is 1.58. The number of carbonyl (C=O) groups is 2. The number of nitrogens with one attached hydrogen (secondary N) is 1. The van der Waals surface area contributed by atoms with E-state index in [1.807, 2.05) is 84.6 Å². The summed E-state index contributed by atoms with van der Waals surface area (Å²) >= 11 is 5.72. The van der Waals surface area contributed by atoms with Gasteiger partial charge in [-0.05, 0) is 54.2 Å². The average Bonchev–Trinajstić information content (AvgIpc) is 2.94. The van der Waals surface area contributed by atoms with Gasteiger partial charge in [0.1, 0.15) is 6.61 Å². The molecule has 0 radical (unpaired) electrons. The van der Waals surface area contributed by atoms with Gasteiger partial charge in [0.25, 0.3) is 0 Å². The van der Waals surface area contributed by atoms with Crippen molar-refractivity contribution in [2.75, 3.05) is 6.54 Å². The molecular formula is C31H32N2O4S. The van der Waals surface area contributed by atoms with Gasteiger partial charge in [0, 0.05) is 18.7 Å². The monoisotopic (exact) mass is 528 g/mol. The van der Waals surface area contributed by atoms with Crippen LogP contribution in [-0.2, 0) is 20.9 Å². The van der Waals surface area contributed by atoms with Crippen LogP contribution in [0, 0.1) is 0 Å². The zero-order valence-electron chi connectivity index (χ0n) is 21.4. The molecule has 0 amide bonds. The predicted octanol–water partition coefficient (Wildman–Crippen LogP) is 6.25. The van der Waals surface area contributed by atoms with Gasteiger partial charge in [0.2, 0.25) is 0 Å². The van der Waals surface area contributed by atoms with E-state index in [2.05, 4.69) is 17.4 Å². The summed E-state index contributed by atoms with van der Waals surface area (Å²) < 4.78 is 5.76. The molecule has 0 fully saturated rings. The van der Waals surface area contributed by atoms with Crippen molar-refractivity contribution < 1.29 is 19.4 Å². The SMILES string of the molecule is CC1=C(C(=O)OCc2ccccc2)C(c2ccc(-c3ccccc3)cc2)NC(=S)N1CCCCCC(=O)O. The minimum atomic E-state index is -0.791. The van der Waals surface area contributed by atoms with Crippen LogP contribution in [0.3, 0.4) is 0 Å². The Morgan fingerprint density at radius 1 is 0.895 bits per heavy atom. The number of carboxylic acid groups (broad SMARTS) is 1. The van der Waals surface area contributed by atoms with E-state index >= 15 is 0 Å². The summed E-state index contributed by atoms with van der Waals surface area (Å²) in [4.78, 5) is 26.2. The summed E-state index contributed by atoms with van der Waals surface area (Å²) in [6, 6.07) is 27.4. The number of thiocarbonyl (C=S) groups is 1. The number of allylic oxidation sites excluding steroid dienone is 1. The third-order valence-electron chi connectivity index (χ3n) is 6.65. The van der Waals surface area contributed by atoms with Gasteiger partial charge in [-0.25, -0.2) is 4.79 Å². The van der Waals surface area contributed by atoms with Crippen LogP contribution in [0.4, 0.5) is 0 Å². The van der Waals surface area contributed by atoms with Gasteiger partial charge < -0.3 is 20.1 Å². The summed E-state index contributed by atoms with van der Waals surface area (Å²) in [5.41, 5.74) is 5.31. The molecular weight excluding hydrogens is 496 g/mol. The number of nitrogens with zero attached hydrogens (tertiary/aromatic N) is 1. The number of ether oxygens (including phenoxy) is 1. The Hall–Kier alpha value is -3.97. The highest BCUT2D eigenvalue weighted by molar-refractivity contribution is 7.80. The van der Waals surface area contributed by atoms with Gasteiger partial charge >= 0.3 is 11.9 Å². The van der Waals surface area contributed by atoms with E-state index < -0.39 is 18.0 Å². The van der Waals surface area contributed by atoms with Crippen molar-refractivity contribution in [2.24, 2.45) is 0 Å². The van der Waals surface area contributed by atoms with Gasteiger partial charge in [0.05, 0.1) is 11.6 Å². The van der Waals surface area contributed by atoms with Crippen LogP contribution in [0.25, 0.3) is 11.1 Å². The van der Waals surface area contributed by atoms with Crippen molar-refractivity contribution in [1.29, 1.82) is 0 Å². The predicted molar refractivity (Wildman–Crippen MR) is 152 cm³/mol. The largest absolute Gasteiger partial charge is 0.481 e. The summed E-state index contributed by atoms with van der Waals surface area (Å²) in [5.74, 6) is -1.19. The highest BCUT2D eigenvalue weighted by Gasteiger charge is 2.34. The first-order chi connectivity index (χ1) is 18.4. The molecule has 4 rings (SSSR count). The molecule has 1 aliphatic heterocycles. The summed E-state index contributed by atoms with van der Waals surface area (Å²) in [6.45, 7) is 2.66. The van der Waals surface area contributed by atoms with Crippen molar-refractivity contribution >= 4 is 29.3 Å². The molecule has 38 heavy (non-hydrogen) atoms. The number of unbranched alkanes of at least 4 members (excludes halogenated alkanes) is 2. The standard InChI is InChI=1S/C31H32N2O4S/c1-22-28(30(36)37-21-23-11-5-2-6-12-23)29(32-31(38)33(22)20-10-4-9-15-27(34)35)26-18-16-25(17-19-26)24-13-7-3-8-14-24/h2-3,5-8,11-14,16-19,29H,4,9-10,15,20-21H2,1H3,(H,32,38)(H,34,35). The molecule has 0 spiro atoms. The molecule has 6 nitrogen and oxygen atoms in total. The molecule has 0 saturated heterocycles. The highest BCUT2D eigenvalue weighted by Crippen LogP contribution is 2.33. The van der Waals surface area contributed by atoms with E-state index in [0.29, 0.717) is 23.7 Å². The van der Waals surface area contributed by atoms with Crippen molar-refractivity contribution in [3.05, 3.63) is 107 Å². The van der Waals surface area contributed by atoms with Gasteiger partial charge in [-0.2, -0.15) is 0 Å². The molecule has 1 aliphatic rings. The lowest BCUT2D eigenvalue weighted by molar-refractivity contribution is -0.141. The Morgan fingerprint density at radius 2 is 1.53 bits per heavy atom. The number of esters is 1. The first-order valence-corrected chi connectivity index (χ1v) is 13.2. The van der Waals surface area contributed by atoms with E-state index in [-0.39, 0.29) is 13.0 Å². The van der Waals surface area contributed by atoms with Gasteiger partial charge in [-0.1, -0.05) is 91.3 Å². The Bertz CT molecular complexity index is 1290. The molecule has 7 heteroatoms. The third-order valence-corrected chi connectivity index (χ3v) is 6.99. The van der Waals surface area contributed by atoms with E-state index in [0.717, 1.165) is 40.8 Å². The molecule has 0 saturated carbocycles. The highest BCUT2D eigenvalue weighted by atomic mass is 32.1. The van der Waals surface area contributed by atoms with Crippen LogP contribution in [0.15, 0.2) is 96.2 Å². The molecule has 0 aliphatic carbocycles. The third kappa shape index (κ3) is 6.86. The summed E-state index contributed by atoms with van der Waals surface area (Å²) in [6.07, 6.45) is 2.27. The molecule has 3 aromatic carbocycles. The maximum absolute atomic E-state index is 13.5. The number of hydrogen-bond acceptors (Lipinski definition) is 4. The molecule has 3 aromatic rings. The lowest BCUT2D eigenvalue weighted by Gasteiger charge is -2.37. The number of carbonyl (C=O) groups excluding carboxylic acids is 1. The smallest absolute Gasteiger partial charge is 0.338 e. The fourth-order valence-electron chi connectivity index (χ4n) is 4.59. The topological polar surface area (TPSA) is 78.9 Å². The minimum absolute atomic E-state index is 0.148. The molecule has 1 heterocycles.